The molecule has 0 bridgehead atoms. The maximum atomic E-state index is 12.6. The predicted octanol–water partition coefficient (Wildman–Crippen LogP) is 2.80. The Morgan fingerprint density at radius 2 is 2.00 bits per heavy atom. The zero-order valence-electron chi connectivity index (χ0n) is 12.5. The van der Waals surface area contributed by atoms with Gasteiger partial charge in [0.2, 0.25) is 0 Å². The molecule has 2 aromatic rings. The van der Waals surface area contributed by atoms with Crippen LogP contribution in [0.3, 0.4) is 0 Å². The molecule has 3 rings (SSSR count). The highest BCUT2D eigenvalue weighted by atomic mass is 35.5. The fourth-order valence-electron chi connectivity index (χ4n) is 2.79. The van der Waals surface area contributed by atoms with Crippen molar-refractivity contribution in [3.8, 4) is 0 Å². The molecule has 1 aliphatic rings. The molecule has 0 fully saturated rings. The van der Waals surface area contributed by atoms with Crippen LogP contribution in [0.2, 0.25) is 5.02 Å². The van der Waals surface area contributed by atoms with Gasteiger partial charge in [0.05, 0.1) is 19.3 Å². The Kier molecular flexibility index (Phi) is 4.96. The van der Waals surface area contributed by atoms with Crippen molar-refractivity contribution in [2.75, 3.05) is 13.2 Å². The van der Waals surface area contributed by atoms with Crippen LogP contribution in [0.5, 0.6) is 0 Å². The molecule has 0 aromatic heterocycles. The lowest BCUT2D eigenvalue weighted by molar-refractivity contribution is -0.135. The van der Waals surface area contributed by atoms with Crippen LogP contribution >= 0.6 is 11.6 Å². The first kappa shape index (κ1) is 16.0. The number of fused-ring (bicyclic) bond motifs is 1. The van der Waals surface area contributed by atoms with Gasteiger partial charge >= 0.3 is 0 Å². The number of nitrogens with one attached hydrogen (secondary N) is 1. The number of halogens is 1. The van der Waals surface area contributed by atoms with Crippen molar-refractivity contribution in [3.05, 3.63) is 70.2 Å². The molecule has 0 saturated heterocycles. The molecule has 1 heterocycles. The Balaban J connectivity index is 1.77. The Morgan fingerprint density at radius 1 is 1.26 bits per heavy atom. The van der Waals surface area contributed by atoms with Gasteiger partial charge in [0.25, 0.3) is 5.91 Å². The van der Waals surface area contributed by atoms with Gasteiger partial charge in [0.1, 0.15) is 0 Å². The molecule has 0 unspecified atom stereocenters. The molecule has 2 atom stereocenters. The Bertz CT molecular complexity index is 687. The van der Waals surface area contributed by atoms with E-state index in [9.17, 15) is 9.90 Å². The van der Waals surface area contributed by atoms with Gasteiger partial charge in [0.15, 0.2) is 6.10 Å². The third-order valence-electron chi connectivity index (χ3n) is 4.00. The lowest BCUT2D eigenvalue weighted by Crippen LogP contribution is -2.37. The maximum absolute atomic E-state index is 12.6. The molecule has 0 spiro atoms. The van der Waals surface area contributed by atoms with E-state index < -0.39 is 12.1 Å². The minimum absolute atomic E-state index is 0.193. The van der Waals surface area contributed by atoms with Crippen LogP contribution in [0.4, 0.5) is 0 Å². The van der Waals surface area contributed by atoms with Crippen molar-refractivity contribution in [3.63, 3.8) is 0 Å². The van der Waals surface area contributed by atoms with E-state index in [1.165, 1.54) is 0 Å². The average Bonchev–Trinajstić information content (AvgIpc) is 2.60. The molecule has 23 heavy (non-hydrogen) atoms. The van der Waals surface area contributed by atoms with Crippen molar-refractivity contribution in [2.24, 2.45) is 0 Å². The number of benzene rings is 2. The molecular weight excluding hydrogens is 314 g/mol. The van der Waals surface area contributed by atoms with E-state index in [0.29, 0.717) is 11.6 Å². The van der Waals surface area contributed by atoms with Gasteiger partial charge in [-0.1, -0.05) is 48.0 Å². The Hall–Kier alpha value is -1.88. The summed E-state index contributed by atoms with van der Waals surface area (Å²) in [6.45, 7) is 0.321. The van der Waals surface area contributed by atoms with Crippen molar-refractivity contribution < 1.29 is 14.6 Å². The molecule has 4 nitrogen and oxygen atoms in total. The van der Waals surface area contributed by atoms with Crippen molar-refractivity contribution in [1.82, 2.24) is 5.32 Å². The first-order valence-electron chi connectivity index (χ1n) is 7.55. The highest BCUT2D eigenvalue weighted by molar-refractivity contribution is 6.30. The van der Waals surface area contributed by atoms with E-state index in [0.717, 1.165) is 23.1 Å². The highest BCUT2D eigenvalue weighted by Crippen LogP contribution is 2.28. The van der Waals surface area contributed by atoms with Gasteiger partial charge in [0, 0.05) is 5.02 Å². The van der Waals surface area contributed by atoms with Crippen LogP contribution in [-0.4, -0.2) is 24.2 Å². The lowest BCUT2D eigenvalue weighted by Gasteiger charge is -2.27. The Labute approximate surface area is 140 Å². The molecule has 5 heteroatoms. The number of carbonyl (C=O) groups excluding carboxylic acids is 1. The van der Waals surface area contributed by atoms with Gasteiger partial charge in [-0.2, -0.15) is 0 Å². The number of hydrogen-bond acceptors (Lipinski definition) is 3. The number of ether oxygens (including phenoxy) is 1. The summed E-state index contributed by atoms with van der Waals surface area (Å²) in [6.07, 6.45) is 0.168. The van der Waals surface area contributed by atoms with Gasteiger partial charge in [-0.05, 0) is 35.2 Å². The zero-order chi connectivity index (χ0) is 16.2. The summed E-state index contributed by atoms with van der Waals surface area (Å²) in [5.74, 6) is -0.244. The molecule has 0 radical (unpaired) electrons. The number of carbonyl (C=O) groups is 1. The summed E-state index contributed by atoms with van der Waals surface area (Å²) < 4.78 is 5.65. The second-order valence-corrected chi connectivity index (χ2v) is 5.93. The van der Waals surface area contributed by atoms with E-state index in [4.69, 9.17) is 16.3 Å². The van der Waals surface area contributed by atoms with Crippen molar-refractivity contribution in [1.29, 1.82) is 0 Å². The summed E-state index contributed by atoms with van der Waals surface area (Å²) in [7, 11) is 0. The largest absolute Gasteiger partial charge is 0.394 e. The number of amides is 1. The van der Waals surface area contributed by atoms with Crippen LogP contribution in [-0.2, 0) is 16.0 Å². The minimum atomic E-state index is -0.638. The highest BCUT2D eigenvalue weighted by Gasteiger charge is 2.28. The molecule has 1 amide bonds. The van der Waals surface area contributed by atoms with Crippen LogP contribution in [0.25, 0.3) is 0 Å². The molecule has 120 valence electrons. The fraction of sp³-hybridized carbons (Fsp3) is 0.278. The molecule has 0 aliphatic carbocycles. The van der Waals surface area contributed by atoms with Gasteiger partial charge < -0.3 is 15.2 Å². The SMILES string of the molecule is O=C(N[C@@H](CO)c1ccc(Cl)cc1)[C@@H]1OCCc2ccccc21. The van der Waals surface area contributed by atoms with Crippen molar-refractivity contribution >= 4 is 17.5 Å². The van der Waals surface area contributed by atoms with Crippen molar-refractivity contribution in [2.45, 2.75) is 18.6 Å². The van der Waals surface area contributed by atoms with E-state index in [-0.39, 0.29) is 12.5 Å². The van der Waals surface area contributed by atoms with Crippen LogP contribution in [0.1, 0.15) is 28.8 Å². The molecule has 2 N–H and O–H groups in total. The van der Waals surface area contributed by atoms with E-state index >= 15 is 0 Å². The average molecular weight is 332 g/mol. The lowest BCUT2D eigenvalue weighted by atomic mass is 9.96. The Morgan fingerprint density at radius 3 is 2.74 bits per heavy atom. The van der Waals surface area contributed by atoms with Crippen LogP contribution in [0.15, 0.2) is 48.5 Å². The summed E-state index contributed by atoms with van der Waals surface area (Å²) in [5, 5.41) is 13.1. The summed E-state index contributed by atoms with van der Waals surface area (Å²) in [4.78, 5) is 12.6. The fourth-order valence-corrected chi connectivity index (χ4v) is 2.91. The predicted molar refractivity (Wildman–Crippen MR) is 88.3 cm³/mol. The number of hydrogen-bond donors (Lipinski definition) is 2. The molecule has 0 saturated carbocycles. The quantitative estimate of drug-likeness (QED) is 0.905. The normalized spacial score (nSPS) is 18.1. The number of aliphatic hydroxyl groups excluding tert-OH is 1. The minimum Gasteiger partial charge on any atom is -0.394 e. The number of aliphatic hydroxyl groups is 1. The maximum Gasteiger partial charge on any atom is 0.254 e. The molecule has 2 aromatic carbocycles. The third-order valence-corrected chi connectivity index (χ3v) is 4.26. The van der Waals surface area contributed by atoms with E-state index in [1.807, 2.05) is 24.3 Å². The van der Waals surface area contributed by atoms with E-state index in [2.05, 4.69) is 5.32 Å². The summed E-state index contributed by atoms with van der Waals surface area (Å²) in [6, 6.07) is 14.3. The standard InChI is InChI=1S/C18H18ClNO3/c19-14-7-5-13(6-8-14)16(11-21)20-18(22)17-15-4-2-1-3-12(15)9-10-23-17/h1-8,16-17,21H,9-11H2,(H,20,22)/t16-,17+/m0/s1. The molecule has 1 aliphatic heterocycles. The summed E-state index contributed by atoms with van der Waals surface area (Å²) >= 11 is 5.87. The molecular formula is C18H18ClNO3. The monoisotopic (exact) mass is 331 g/mol. The van der Waals surface area contributed by atoms with Crippen LogP contribution in [0, 0.1) is 0 Å². The summed E-state index contributed by atoms with van der Waals surface area (Å²) in [5.41, 5.74) is 2.82. The first-order chi connectivity index (χ1) is 11.2. The smallest absolute Gasteiger partial charge is 0.254 e. The van der Waals surface area contributed by atoms with Gasteiger partial charge in [-0.25, -0.2) is 0 Å². The third kappa shape index (κ3) is 3.55. The number of rotatable bonds is 4. The van der Waals surface area contributed by atoms with Gasteiger partial charge in [-0.3, -0.25) is 4.79 Å². The van der Waals surface area contributed by atoms with Crippen LogP contribution < -0.4 is 5.32 Å². The second kappa shape index (κ2) is 7.13. The zero-order valence-corrected chi connectivity index (χ0v) is 13.3. The first-order valence-corrected chi connectivity index (χ1v) is 7.93. The van der Waals surface area contributed by atoms with E-state index in [1.54, 1.807) is 24.3 Å². The topological polar surface area (TPSA) is 58.6 Å². The second-order valence-electron chi connectivity index (χ2n) is 5.49. The van der Waals surface area contributed by atoms with Gasteiger partial charge in [-0.15, -0.1) is 0 Å².